The zero-order valence-corrected chi connectivity index (χ0v) is 19.2. The van der Waals surface area contributed by atoms with Crippen LogP contribution in [-0.4, -0.2) is 29.3 Å². The first-order valence-electron chi connectivity index (χ1n) is 10.7. The molecule has 0 aromatic heterocycles. The number of hydrogen-bond acceptors (Lipinski definition) is 2. The first kappa shape index (κ1) is 23.9. The van der Waals surface area contributed by atoms with Crippen LogP contribution in [0, 0.1) is 0 Å². The van der Waals surface area contributed by atoms with Crippen molar-refractivity contribution in [1.29, 1.82) is 0 Å². The summed E-state index contributed by atoms with van der Waals surface area (Å²) >= 11 is 6.32. The van der Waals surface area contributed by atoms with Crippen molar-refractivity contribution >= 4 is 23.4 Å². The van der Waals surface area contributed by atoms with Crippen molar-refractivity contribution in [3.05, 3.63) is 70.2 Å². The lowest BCUT2D eigenvalue weighted by Gasteiger charge is -2.29. The third-order valence-electron chi connectivity index (χ3n) is 5.29. The average molecular weight is 429 g/mol. The second-order valence-electron chi connectivity index (χ2n) is 7.98. The SMILES string of the molecule is CCCNC(=O)C(C)N(Cc1ccccc1Cl)C(=O)CCc1ccc(C(C)C)cc1. The molecular weight excluding hydrogens is 396 g/mol. The summed E-state index contributed by atoms with van der Waals surface area (Å²) in [5, 5.41) is 3.49. The Morgan fingerprint density at radius 1 is 1.03 bits per heavy atom. The molecule has 1 atom stereocenters. The highest BCUT2D eigenvalue weighted by Gasteiger charge is 2.26. The van der Waals surface area contributed by atoms with E-state index in [1.807, 2.05) is 25.1 Å². The predicted molar refractivity (Wildman–Crippen MR) is 124 cm³/mol. The number of carbonyl (C=O) groups is 2. The summed E-state index contributed by atoms with van der Waals surface area (Å²) in [6, 6.07) is 15.3. The molecule has 1 N–H and O–H groups in total. The number of benzene rings is 2. The van der Waals surface area contributed by atoms with E-state index in [0.29, 0.717) is 36.9 Å². The lowest BCUT2D eigenvalue weighted by Crippen LogP contribution is -2.47. The van der Waals surface area contributed by atoms with E-state index in [0.717, 1.165) is 17.5 Å². The van der Waals surface area contributed by atoms with Gasteiger partial charge in [0.2, 0.25) is 11.8 Å². The van der Waals surface area contributed by atoms with Gasteiger partial charge in [-0.3, -0.25) is 9.59 Å². The highest BCUT2D eigenvalue weighted by atomic mass is 35.5. The van der Waals surface area contributed by atoms with Gasteiger partial charge in [-0.15, -0.1) is 0 Å². The van der Waals surface area contributed by atoms with Crippen LogP contribution in [0.2, 0.25) is 5.02 Å². The molecule has 0 bridgehead atoms. The van der Waals surface area contributed by atoms with E-state index < -0.39 is 6.04 Å². The van der Waals surface area contributed by atoms with Gasteiger partial charge >= 0.3 is 0 Å². The Labute approximate surface area is 185 Å². The van der Waals surface area contributed by atoms with Crippen LogP contribution in [-0.2, 0) is 22.6 Å². The monoisotopic (exact) mass is 428 g/mol. The molecule has 0 saturated heterocycles. The van der Waals surface area contributed by atoms with Gasteiger partial charge in [-0.05, 0) is 48.4 Å². The molecule has 30 heavy (non-hydrogen) atoms. The summed E-state index contributed by atoms with van der Waals surface area (Å²) in [6.07, 6.45) is 1.83. The van der Waals surface area contributed by atoms with Gasteiger partial charge in [-0.2, -0.15) is 0 Å². The van der Waals surface area contributed by atoms with Crippen LogP contribution in [0.4, 0.5) is 0 Å². The van der Waals surface area contributed by atoms with E-state index in [2.05, 4.69) is 43.4 Å². The molecule has 0 saturated carbocycles. The molecule has 0 aliphatic rings. The van der Waals surface area contributed by atoms with Crippen molar-refractivity contribution in [1.82, 2.24) is 10.2 Å². The van der Waals surface area contributed by atoms with Crippen molar-refractivity contribution in [2.45, 2.75) is 65.5 Å². The normalized spacial score (nSPS) is 11.9. The topological polar surface area (TPSA) is 49.4 Å². The molecule has 0 aliphatic carbocycles. The van der Waals surface area contributed by atoms with Crippen LogP contribution in [0.3, 0.4) is 0 Å². The first-order chi connectivity index (χ1) is 14.3. The molecule has 1 unspecified atom stereocenters. The number of amides is 2. The second-order valence-corrected chi connectivity index (χ2v) is 8.38. The quantitative estimate of drug-likeness (QED) is 0.555. The molecule has 2 aromatic carbocycles. The molecule has 0 spiro atoms. The molecule has 2 rings (SSSR count). The molecule has 0 fully saturated rings. The lowest BCUT2D eigenvalue weighted by atomic mass is 10.00. The summed E-state index contributed by atoms with van der Waals surface area (Å²) in [6.45, 7) is 9.01. The summed E-state index contributed by atoms with van der Waals surface area (Å²) in [4.78, 5) is 27.3. The maximum Gasteiger partial charge on any atom is 0.242 e. The van der Waals surface area contributed by atoms with Crippen LogP contribution in [0.25, 0.3) is 0 Å². The molecule has 2 amide bonds. The van der Waals surface area contributed by atoms with E-state index in [1.165, 1.54) is 5.56 Å². The van der Waals surface area contributed by atoms with Gasteiger partial charge in [0.25, 0.3) is 0 Å². The number of nitrogens with zero attached hydrogens (tertiary/aromatic N) is 1. The minimum atomic E-state index is -0.566. The Morgan fingerprint density at radius 2 is 1.70 bits per heavy atom. The number of nitrogens with one attached hydrogen (secondary N) is 1. The average Bonchev–Trinajstić information content (AvgIpc) is 2.75. The van der Waals surface area contributed by atoms with Crippen LogP contribution in [0.1, 0.15) is 63.1 Å². The number of carbonyl (C=O) groups excluding carboxylic acids is 2. The first-order valence-corrected chi connectivity index (χ1v) is 11.1. The van der Waals surface area contributed by atoms with Gasteiger partial charge in [0.15, 0.2) is 0 Å². The van der Waals surface area contributed by atoms with Crippen LogP contribution >= 0.6 is 11.6 Å². The van der Waals surface area contributed by atoms with Gasteiger partial charge in [0.05, 0.1) is 0 Å². The van der Waals surface area contributed by atoms with E-state index in [9.17, 15) is 9.59 Å². The molecular formula is C25H33ClN2O2. The van der Waals surface area contributed by atoms with E-state index in [4.69, 9.17) is 11.6 Å². The lowest BCUT2D eigenvalue weighted by molar-refractivity contribution is -0.140. The van der Waals surface area contributed by atoms with Gasteiger partial charge in [0, 0.05) is 24.5 Å². The molecule has 0 heterocycles. The maximum absolute atomic E-state index is 13.1. The zero-order valence-electron chi connectivity index (χ0n) is 18.5. The van der Waals surface area contributed by atoms with E-state index in [1.54, 1.807) is 17.9 Å². The van der Waals surface area contributed by atoms with Crippen LogP contribution in [0.15, 0.2) is 48.5 Å². The van der Waals surface area contributed by atoms with Crippen molar-refractivity contribution in [3.8, 4) is 0 Å². The number of hydrogen-bond donors (Lipinski definition) is 1. The fourth-order valence-electron chi connectivity index (χ4n) is 3.25. The minimum absolute atomic E-state index is 0.0537. The minimum Gasteiger partial charge on any atom is -0.354 e. The summed E-state index contributed by atoms with van der Waals surface area (Å²) in [5.74, 6) is 0.287. The van der Waals surface area contributed by atoms with Crippen molar-refractivity contribution < 1.29 is 9.59 Å². The van der Waals surface area contributed by atoms with Gasteiger partial charge in [0.1, 0.15) is 6.04 Å². The standard InChI is InChI=1S/C25H33ClN2O2/c1-5-16-27-25(30)19(4)28(17-22-8-6-7-9-23(22)26)24(29)15-12-20-10-13-21(14-11-20)18(2)3/h6-11,13-14,18-19H,5,12,15-17H2,1-4H3,(H,27,30). The third-order valence-corrected chi connectivity index (χ3v) is 5.66. The Balaban J connectivity index is 2.12. The van der Waals surface area contributed by atoms with Crippen LogP contribution in [0.5, 0.6) is 0 Å². The Bertz CT molecular complexity index is 833. The number of rotatable bonds is 10. The molecule has 2 aromatic rings. The van der Waals surface area contributed by atoms with Crippen molar-refractivity contribution in [3.63, 3.8) is 0 Å². The Kier molecular flexibility index (Phi) is 9.38. The molecule has 0 radical (unpaired) electrons. The summed E-state index contributed by atoms with van der Waals surface area (Å²) in [5.41, 5.74) is 3.24. The summed E-state index contributed by atoms with van der Waals surface area (Å²) in [7, 11) is 0. The fourth-order valence-corrected chi connectivity index (χ4v) is 3.45. The van der Waals surface area contributed by atoms with Crippen molar-refractivity contribution in [2.24, 2.45) is 0 Å². The van der Waals surface area contributed by atoms with Crippen LogP contribution < -0.4 is 5.32 Å². The van der Waals surface area contributed by atoms with E-state index in [-0.39, 0.29) is 11.8 Å². The van der Waals surface area contributed by atoms with Gasteiger partial charge in [-0.1, -0.05) is 74.8 Å². The highest BCUT2D eigenvalue weighted by molar-refractivity contribution is 6.31. The molecule has 162 valence electrons. The molecule has 5 heteroatoms. The number of halogens is 1. The maximum atomic E-state index is 13.1. The summed E-state index contributed by atoms with van der Waals surface area (Å²) < 4.78 is 0. The van der Waals surface area contributed by atoms with Gasteiger partial charge in [-0.25, -0.2) is 0 Å². The fraction of sp³-hybridized carbons (Fsp3) is 0.440. The Morgan fingerprint density at radius 3 is 2.30 bits per heavy atom. The molecule has 0 aliphatic heterocycles. The van der Waals surface area contributed by atoms with Gasteiger partial charge < -0.3 is 10.2 Å². The molecule has 4 nitrogen and oxygen atoms in total. The predicted octanol–water partition coefficient (Wildman–Crippen LogP) is 5.34. The third kappa shape index (κ3) is 6.88. The second kappa shape index (κ2) is 11.8. The highest BCUT2D eigenvalue weighted by Crippen LogP contribution is 2.20. The Hall–Kier alpha value is -2.33. The number of aryl methyl sites for hydroxylation is 1. The van der Waals surface area contributed by atoms with E-state index >= 15 is 0 Å². The smallest absolute Gasteiger partial charge is 0.242 e. The zero-order chi connectivity index (χ0) is 22.1. The van der Waals surface area contributed by atoms with Crippen molar-refractivity contribution in [2.75, 3.05) is 6.54 Å². The largest absolute Gasteiger partial charge is 0.354 e.